The van der Waals surface area contributed by atoms with Gasteiger partial charge in [-0.05, 0) is 39.0 Å². The van der Waals surface area contributed by atoms with Crippen molar-refractivity contribution >= 4 is 11.5 Å². The van der Waals surface area contributed by atoms with Gasteiger partial charge in [-0.15, -0.1) is 0 Å². The van der Waals surface area contributed by atoms with Crippen LogP contribution in [0.4, 0.5) is 11.5 Å². The van der Waals surface area contributed by atoms with Gasteiger partial charge < -0.3 is 11.1 Å². The van der Waals surface area contributed by atoms with Crippen LogP contribution in [0.3, 0.4) is 0 Å². The fourth-order valence-electron chi connectivity index (χ4n) is 2.22. The number of nitrogens with zero attached hydrogens (tertiary/aromatic N) is 2. The second-order valence-corrected chi connectivity index (χ2v) is 5.31. The molecule has 0 aliphatic heterocycles. The topological polar surface area (TPSA) is 55.9 Å². The predicted octanol–water partition coefficient (Wildman–Crippen LogP) is 2.17. The molecule has 2 rings (SSSR count). The zero-order valence-electron chi connectivity index (χ0n) is 10.7. The lowest BCUT2D eigenvalue weighted by Gasteiger charge is -2.27. The van der Waals surface area contributed by atoms with Crippen molar-refractivity contribution in [1.29, 1.82) is 0 Å². The lowest BCUT2D eigenvalue weighted by molar-refractivity contribution is 0.488. The average molecular weight is 222 g/mol. The van der Waals surface area contributed by atoms with E-state index in [-0.39, 0.29) is 5.54 Å². The Morgan fingerprint density at radius 2 is 2.12 bits per heavy atom. The molecule has 0 unspecified atom stereocenters. The van der Waals surface area contributed by atoms with E-state index in [1.807, 2.05) is 11.7 Å². The number of aromatic nitrogens is 2. The first kappa shape index (κ1) is 11.3. The number of hydrogen-bond acceptors (Lipinski definition) is 3. The Bertz CT molecular complexity index is 388. The molecule has 1 heterocycles. The normalized spacial score (nSPS) is 16.5. The van der Waals surface area contributed by atoms with E-state index in [0.717, 1.165) is 29.5 Å². The van der Waals surface area contributed by atoms with Crippen LogP contribution >= 0.6 is 0 Å². The summed E-state index contributed by atoms with van der Waals surface area (Å²) >= 11 is 0. The van der Waals surface area contributed by atoms with E-state index >= 15 is 0 Å². The Kier molecular flexibility index (Phi) is 2.60. The Balaban J connectivity index is 2.23. The summed E-state index contributed by atoms with van der Waals surface area (Å²) in [4.78, 5) is 0. The highest BCUT2D eigenvalue weighted by Crippen LogP contribution is 2.41. The number of hydrogen-bond donors (Lipinski definition) is 2. The number of anilines is 2. The van der Waals surface area contributed by atoms with E-state index in [4.69, 9.17) is 5.73 Å². The number of nitrogens with two attached hydrogens (primary N) is 1. The van der Waals surface area contributed by atoms with Gasteiger partial charge >= 0.3 is 0 Å². The van der Waals surface area contributed by atoms with Crippen LogP contribution in [0.2, 0.25) is 0 Å². The van der Waals surface area contributed by atoms with Crippen molar-refractivity contribution in [2.45, 2.75) is 45.6 Å². The summed E-state index contributed by atoms with van der Waals surface area (Å²) in [6.07, 6.45) is 3.52. The van der Waals surface area contributed by atoms with E-state index < -0.39 is 0 Å². The van der Waals surface area contributed by atoms with Crippen molar-refractivity contribution < 1.29 is 0 Å². The molecular weight excluding hydrogens is 200 g/mol. The Morgan fingerprint density at radius 3 is 2.56 bits per heavy atom. The molecule has 0 atom stereocenters. The summed E-state index contributed by atoms with van der Waals surface area (Å²) in [5.41, 5.74) is 8.00. The monoisotopic (exact) mass is 222 g/mol. The molecule has 16 heavy (non-hydrogen) atoms. The summed E-state index contributed by atoms with van der Waals surface area (Å²) in [7, 11) is 1.95. The molecule has 1 fully saturated rings. The first-order chi connectivity index (χ1) is 7.45. The van der Waals surface area contributed by atoms with Crippen molar-refractivity contribution in [2.75, 3.05) is 11.1 Å². The average Bonchev–Trinajstić information content (AvgIpc) is 3.01. The quantitative estimate of drug-likeness (QED) is 0.821. The molecule has 3 N–H and O–H groups in total. The third-order valence-electron chi connectivity index (χ3n) is 3.53. The molecule has 1 aliphatic carbocycles. The van der Waals surface area contributed by atoms with Crippen molar-refractivity contribution in [1.82, 2.24) is 9.78 Å². The standard InChI is InChI=1S/C12H22N4/c1-5-9-10(13)11(16(4)15-9)14-12(2,3)8-6-7-8/h8,14H,5-7,13H2,1-4H3. The number of rotatable bonds is 4. The molecule has 1 aliphatic rings. The van der Waals surface area contributed by atoms with Crippen LogP contribution in [0.25, 0.3) is 0 Å². The molecule has 4 heteroatoms. The van der Waals surface area contributed by atoms with E-state index in [0.29, 0.717) is 0 Å². The van der Waals surface area contributed by atoms with Crippen molar-refractivity contribution in [3.63, 3.8) is 0 Å². The third-order valence-corrected chi connectivity index (χ3v) is 3.53. The highest BCUT2D eigenvalue weighted by Gasteiger charge is 2.38. The van der Waals surface area contributed by atoms with Gasteiger partial charge in [-0.2, -0.15) is 5.10 Å². The second-order valence-electron chi connectivity index (χ2n) is 5.31. The third kappa shape index (κ3) is 1.88. The van der Waals surface area contributed by atoms with Crippen molar-refractivity contribution in [2.24, 2.45) is 13.0 Å². The Hall–Kier alpha value is -1.19. The zero-order valence-corrected chi connectivity index (χ0v) is 10.7. The zero-order chi connectivity index (χ0) is 11.9. The number of nitrogens with one attached hydrogen (secondary N) is 1. The molecule has 0 amide bonds. The molecule has 0 bridgehead atoms. The highest BCUT2D eigenvalue weighted by molar-refractivity contribution is 5.66. The van der Waals surface area contributed by atoms with Crippen molar-refractivity contribution in [3.8, 4) is 0 Å². The first-order valence-electron chi connectivity index (χ1n) is 6.05. The van der Waals surface area contributed by atoms with E-state index in [1.54, 1.807) is 0 Å². The maximum Gasteiger partial charge on any atom is 0.148 e. The molecule has 0 saturated heterocycles. The van der Waals surface area contributed by atoms with E-state index in [1.165, 1.54) is 12.8 Å². The first-order valence-corrected chi connectivity index (χ1v) is 6.05. The fraction of sp³-hybridized carbons (Fsp3) is 0.750. The molecule has 0 radical (unpaired) electrons. The van der Waals surface area contributed by atoms with Gasteiger partial charge in [0.2, 0.25) is 0 Å². The number of aryl methyl sites for hydroxylation is 2. The van der Waals surface area contributed by atoms with Gasteiger partial charge in [0, 0.05) is 12.6 Å². The molecule has 0 aromatic carbocycles. The molecule has 90 valence electrons. The van der Waals surface area contributed by atoms with E-state index in [9.17, 15) is 0 Å². The molecule has 1 aromatic rings. The predicted molar refractivity (Wildman–Crippen MR) is 67.4 cm³/mol. The summed E-state index contributed by atoms with van der Waals surface area (Å²) in [5, 5.41) is 7.97. The van der Waals surface area contributed by atoms with Crippen LogP contribution in [0.1, 0.15) is 39.3 Å². The molecule has 4 nitrogen and oxygen atoms in total. The van der Waals surface area contributed by atoms with Gasteiger partial charge in [0.15, 0.2) is 0 Å². The Labute approximate surface area is 97.2 Å². The summed E-state index contributed by atoms with van der Waals surface area (Å²) in [6, 6.07) is 0. The molecule has 0 spiro atoms. The van der Waals surface area contributed by atoms with Gasteiger partial charge in [-0.1, -0.05) is 6.92 Å². The minimum Gasteiger partial charge on any atom is -0.394 e. The van der Waals surface area contributed by atoms with Crippen LogP contribution < -0.4 is 11.1 Å². The SMILES string of the molecule is CCc1nn(C)c(NC(C)(C)C2CC2)c1N. The van der Waals surface area contributed by atoms with Crippen molar-refractivity contribution in [3.05, 3.63) is 5.69 Å². The van der Waals surface area contributed by atoms with Crippen LogP contribution in [0, 0.1) is 5.92 Å². The Morgan fingerprint density at radius 1 is 1.50 bits per heavy atom. The van der Waals surface area contributed by atoms with E-state index in [2.05, 4.69) is 31.2 Å². The molecule has 1 aromatic heterocycles. The summed E-state index contributed by atoms with van der Waals surface area (Å²) < 4.78 is 1.86. The van der Waals surface area contributed by atoms with Crippen LogP contribution in [0.15, 0.2) is 0 Å². The highest BCUT2D eigenvalue weighted by atomic mass is 15.3. The second kappa shape index (κ2) is 3.68. The van der Waals surface area contributed by atoms with Gasteiger partial charge in [0.1, 0.15) is 5.82 Å². The van der Waals surface area contributed by atoms with Gasteiger partial charge in [0.25, 0.3) is 0 Å². The molecule has 1 saturated carbocycles. The summed E-state index contributed by atoms with van der Waals surface area (Å²) in [6.45, 7) is 6.56. The van der Waals surface area contributed by atoms with Crippen LogP contribution in [0.5, 0.6) is 0 Å². The van der Waals surface area contributed by atoms with Gasteiger partial charge in [-0.25, -0.2) is 0 Å². The fourth-order valence-corrected chi connectivity index (χ4v) is 2.22. The van der Waals surface area contributed by atoms with Gasteiger partial charge in [0.05, 0.1) is 11.4 Å². The lowest BCUT2D eigenvalue weighted by atomic mass is 9.99. The lowest BCUT2D eigenvalue weighted by Crippen LogP contribution is -2.34. The van der Waals surface area contributed by atoms with Crippen LogP contribution in [-0.4, -0.2) is 15.3 Å². The van der Waals surface area contributed by atoms with Gasteiger partial charge in [-0.3, -0.25) is 4.68 Å². The largest absolute Gasteiger partial charge is 0.394 e. The minimum absolute atomic E-state index is 0.118. The minimum atomic E-state index is 0.118. The maximum absolute atomic E-state index is 6.10. The maximum atomic E-state index is 6.10. The number of nitrogen functional groups attached to an aromatic ring is 1. The summed E-state index contributed by atoms with van der Waals surface area (Å²) in [5.74, 6) is 1.74. The molecular formula is C12H22N4. The smallest absolute Gasteiger partial charge is 0.148 e. The van der Waals surface area contributed by atoms with Crippen LogP contribution in [-0.2, 0) is 13.5 Å².